The van der Waals surface area contributed by atoms with Gasteiger partial charge in [-0.2, -0.15) is 0 Å². The number of carbonyl (C=O) groups is 2. The smallest absolute Gasteiger partial charge is 0.410 e. The van der Waals surface area contributed by atoms with Crippen molar-refractivity contribution < 1.29 is 19.4 Å². The maximum atomic E-state index is 12.4. The molecule has 1 aliphatic rings. The average Bonchev–Trinajstić information content (AvgIpc) is 3.06. The fraction of sp³-hybridized carbons (Fsp3) is 0.300. The van der Waals surface area contributed by atoms with Crippen molar-refractivity contribution in [2.24, 2.45) is 5.92 Å². The Balaban J connectivity index is 1.72. The van der Waals surface area contributed by atoms with Gasteiger partial charge < -0.3 is 14.7 Å². The highest BCUT2D eigenvalue weighted by Gasteiger charge is 2.41. The number of carboxylic acid groups (broad SMARTS) is 1. The van der Waals surface area contributed by atoms with Crippen LogP contribution in [0, 0.1) is 12.8 Å². The number of ether oxygens (including phenoxy) is 1. The molecule has 136 valence electrons. The van der Waals surface area contributed by atoms with E-state index >= 15 is 0 Å². The van der Waals surface area contributed by atoms with Gasteiger partial charge in [0.05, 0.1) is 5.92 Å². The van der Waals surface area contributed by atoms with Gasteiger partial charge in [-0.3, -0.25) is 4.79 Å². The van der Waals surface area contributed by atoms with E-state index in [1.165, 1.54) is 4.90 Å². The largest absolute Gasteiger partial charge is 0.481 e. The van der Waals surface area contributed by atoms with Crippen molar-refractivity contribution in [2.45, 2.75) is 19.4 Å². The minimum absolute atomic E-state index is 0.156. The molecule has 3 rings (SSSR count). The fourth-order valence-corrected chi connectivity index (χ4v) is 3.86. The Bertz CT molecular complexity index is 809. The molecular weight excluding hydrogens is 398 g/mol. The topological polar surface area (TPSA) is 66.8 Å². The number of carboxylic acids is 1. The number of likely N-dealkylation sites (tertiary alicyclic amines) is 1. The fourth-order valence-electron chi connectivity index (χ4n) is 3.38. The van der Waals surface area contributed by atoms with Crippen molar-refractivity contribution in [3.8, 4) is 0 Å². The Morgan fingerprint density at radius 3 is 2.58 bits per heavy atom. The van der Waals surface area contributed by atoms with E-state index in [2.05, 4.69) is 15.9 Å². The number of halogens is 1. The number of rotatable bonds is 4. The van der Waals surface area contributed by atoms with Gasteiger partial charge in [0.15, 0.2) is 0 Å². The van der Waals surface area contributed by atoms with Crippen LogP contribution in [0.3, 0.4) is 0 Å². The lowest BCUT2D eigenvalue weighted by molar-refractivity contribution is -0.141. The highest BCUT2D eigenvalue weighted by molar-refractivity contribution is 9.10. The first kappa shape index (κ1) is 18.5. The molecule has 1 aliphatic heterocycles. The Morgan fingerprint density at radius 2 is 1.92 bits per heavy atom. The van der Waals surface area contributed by atoms with Gasteiger partial charge in [0.1, 0.15) is 6.61 Å². The van der Waals surface area contributed by atoms with Gasteiger partial charge in [-0.25, -0.2) is 4.79 Å². The first-order chi connectivity index (χ1) is 12.5. The summed E-state index contributed by atoms with van der Waals surface area (Å²) >= 11 is 3.43. The summed E-state index contributed by atoms with van der Waals surface area (Å²) in [6.07, 6.45) is -0.475. The minimum atomic E-state index is -0.893. The number of aliphatic carboxylic acids is 1. The Labute approximate surface area is 160 Å². The zero-order valence-corrected chi connectivity index (χ0v) is 16.0. The molecule has 1 heterocycles. The maximum Gasteiger partial charge on any atom is 0.410 e. The summed E-state index contributed by atoms with van der Waals surface area (Å²) in [6, 6.07) is 15.2. The number of hydrogen-bond donors (Lipinski definition) is 1. The van der Waals surface area contributed by atoms with Crippen LogP contribution in [0.4, 0.5) is 4.79 Å². The van der Waals surface area contributed by atoms with E-state index in [0.29, 0.717) is 6.54 Å². The van der Waals surface area contributed by atoms with Gasteiger partial charge in [0.2, 0.25) is 0 Å². The SMILES string of the molecule is Cc1cc(Br)ccc1[C@@H]1CN(C(=O)OCc2ccccc2)C[C@H]1C(=O)O. The number of nitrogens with zero attached hydrogens (tertiary/aromatic N) is 1. The van der Waals surface area contributed by atoms with Gasteiger partial charge in [0.25, 0.3) is 0 Å². The van der Waals surface area contributed by atoms with Crippen LogP contribution in [0.25, 0.3) is 0 Å². The molecule has 1 amide bonds. The van der Waals surface area contributed by atoms with Gasteiger partial charge >= 0.3 is 12.1 Å². The van der Waals surface area contributed by atoms with Crippen molar-refractivity contribution >= 4 is 28.0 Å². The van der Waals surface area contributed by atoms with Crippen molar-refractivity contribution in [3.05, 3.63) is 69.7 Å². The molecule has 2 atom stereocenters. The molecule has 1 fully saturated rings. The van der Waals surface area contributed by atoms with E-state index < -0.39 is 18.0 Å². The molecule has 0 bridgehead atoms. The van der Waals surface area contributed by atoms with Crippen LogP contribution >= 0.6 is 15.9 Å². The highest BCUT2D eigenvalue weighted by atomic mass is 79.9. The second-order valence-electron chi connectivity index (χ2n) is 6.50. The first-order valence-electron chi connectivity index (χ1n) is 8.40. The molecule has 1 N–H and O–H groups in total. The number of hydrogen-bond acceptors (Lipinski definition) is 3. The van der Waals surface area contributed by atoms with Gasteiger partial charge in [0, 0.05) is 23.5 Å². The van der Waals surface area contributed by atoms with E-state index in [9.17, 15) is 14.7 Å². The van der Waals surface area contributed by atoms with Crippen LogP contribution in [0.5, 0.6) is 0 Å². The molecule has 0 radical (unpaired) electrons. The summed E-state index contributed by atoms with van der Waals surface area (Å²) in [5.41, 5.74) is 2.87. The lowest BCUT2D eigenvalue weighted by atomic mass is 9.86. The molecule has 0 spiro atoms. The van der Waals surface area contributed by atoms with E-state index in [1.807, 2.05) is 55.5 Å². The van der Waals surface area contributed by atoms with E-state index in [-0.39, 0.29) is 19.1 Å². The molecule has 2 aromatic carbocycles. The van der Waals surface area contributed by atoms with Crippen LogP contribution in [-0.2, 0) is 16.1 Å². The van der Waals surface area contributed by atoms with Gasteiger partial charge in [-0.1, -0.05) is 52.3 Å². The molecule has 26 heavy (non-hydrogen) atoms. The van der Waals surface area contributed by atoms with Crippen LogP contribution in [0.15, 0.2) is 53.0 Å². The molecule has 6 heteroatoms. The molecular formula is C20H20BrNO4. The molecule has 2 aromatic rings. The highest BCUT2D eigenvalue weighted by Crippen LogP contribution is 2.35. The van der Waals surface area contributed by atoms with Crippen molar-refractivity contribution in [1.29, 1.82) is 0 Å². The number of carbonyl (C=O) groups excluding carboxylic acids is 1. The summed E-state index contributed by atoms with van der Waals surface area (Å²) in [6.45, 7) is 2.63. The molecule has 0 saturated carbocycles. The second-order valence-corrected chi connectivity index (χ2v) is 7.41. The second kappa shape index (κ2) is 7.91. The van der Waals surface area contributed by atoms with Crippen molar-refractivity contribution in [2.75, 3.05) is 13.1 Å². The lowest BCUT2D eigenvalue weighted by Gasteiger charge is -2.18. The standard InChI is InChI=1S/C20H20BrNO4/c1-13-9-15(21)7-8-16(13)17-10-22(11-18(17)19(23)24)20(25)26-12-14-5-3-2-4-6-14/h2-9,17-18H,10-12H2,1H3,(H,23,24)/t17-,18+/m0/s1. The Morgan fingerprint density at radius 1 is 1.19 bits per heavy atom. The Kier molecular flexibility index (Phi) is 5.61. The van der Waals surface area contributed by atoms with Crippen LogP contribution in [0.1, 0.15) is 22.6 Å². The summed E-state index contributed by atoms with van der Waals surface area (Å²) < 4.78 is 6.31. The number of aryl methyl sites for hydroxylation is 1. The van der Waals surface area contributed by atoms with Crippen LogP contribution in [0.2, 0.25) is 0 Å². The van der Waals surface area contributed by atoms with Crippen LogP contribution in [-0.4, -0.2) is 35.2 Å². The summed E-state index contributed by atoms with van der Waals surface area (Å²) in [5.74, 6) is -1.78. The zero-order chi connectivity index (χ0) is 18.7. The van der Waals surface area contributed by atoms with E-state index in [1.54, 1.807) is 0 Å². The predicted molar refractivity (Wildman–Crippen MR) is 101 cm³/mol. The Hall–Kier alpha value is -2.34. The molecule has 5 nitrogen and oxygen atoms in total. The molecule has 0 unspecified atom stereocenters. The van der Waals surface area contributed by atoms with E-state index in [4.69, 9.17) is 4.74 Å². The van der Waals surface area contributed by atoms with Crippen LogP contribution < -0.4 is 0 Å². The lowest BCUT2D eigenvalue weighted by Crippen LogP contribution is -2.30. The van der Waals surface area contributed by atoms with Gasteiger partial charge in [-0.15, -0.1) is 0 Å². The number of amides is 1. The maximum absolute atomic E-state index is 12.4. The first-order valence-corrected chi connectivity index (χ1v) is 9.19. The summed E-state index contributed by atoms with van der Waals surface area (Å²) in [7, 11) is 0. The van der Waals surface area contributed by atoms with E-state index in [0.717, 1.165) is 21.2 Å². The van der Waals surface area contributed by atoms with Crippen molar-refractivity contribution in [1.82, 2.24) is 4.90 Å². The number of benzene rings is 2. The minimum Gasteiger partial charge on any atom is -0.481 e. The van der Waals surface area contributed by atoms with Crippen molar-refractivity contribution in [3.63, 3.8) is 0 Å². The molecule has 0 aliphatic carbocycles. The zero-order valence-electron chi connectivity index (χ0n) is 14.4. The summed E-state index contributed by atoms with van der Waals surface area (Å²) in [5, 5.41) is 9.61. The monoisotopic (exact) mass is 417 g/mol. The predicted octanol–water partition coefficient (Wildman–Crippen LogP) is 4.19. The average molecular weight is 418 g/mol. The summed E-state index contributed by atoms with van der Waals surface area (Å²) in [4.78, 5) is 25.6. The third-order valence-electron chi connectivity index (χ3n) is 4.73. The van der Waals surface area contributed by atoms with Gasteiger partial charge in [-0.05, 0) is 35.7 Å². The normalized spacial score (nSPS) is 19.4. The third kappa shape index (κ3) is 4.07. The quantitative estimate of drug-likeness (QED) is 0.809. The third-order valence-corrected chi connectivity index (χ3v) is 5.22. The molecule has 0 aromatic heterocycles. The molecule has 1 saturated heterocycles.